The SMILES string of the molecule is C1=CCCC(/C=C/C2=Cc3ccccc3CO2)=C1. The highest BCUT2D eigenvalue weighted by Crippen LogP contribution is 2.23. The van der Waals surface area contributed by atoms with Crippen molar-refractivity contribution in [3.8, 4) is 0 Å². The molecule has 1 aromatic rings. The van der Waals surface area contributed by atoms with Gasteiger partial charge in [-0.05, 0) is 41.7 Å². The first-order valence-corrected chi connectivity index (χ1v) is 6.38. The summed E-state index contributed by atoms with van der Waals surface area (Å²) in [5.74, 6) is 0.948. The Kier molecular flexibility index (Phi) is 3.14. The van der Waals surface area contributed by atoms with Crippen LogP contribution in [0, 0.1) is 0 Å². The molecule has 1 heterocycles. The Morgan fingerprint density at radius 1 is 1.11 bits per heavy atom. The zero-order valence-electron chi connectivity index (χ0n) is 10.3. The Labute approximate surface area is 108 Å². The van der Waals surface area contributed by atoms with Crippen LogP contribution in [0.1, 0.15) is 24.0 Å². The molecule has 1 aliphatic heterocycles. The maximum atomic E-state index is 5.72. The van der Waals surface area contributed by atoms with E-state index in [9.17, 15) is 0 Å². The molecule has 0 unspecified atom stereocenters. The third-order valence-electron chi connectivity index (χ3n) is 3.25. The van der Waals surface area contributed by atoms with E-state index >= 15 is 0 Å². The summed E-state index contributed by atoms with van der Waals surface area (Å²) in [6, 6.07) is 8.36. The van der Waals surface area contributed by atoms with E-state index in [1.807, 2.05) is 0 Å². The van der Waals surface area contributed by atoms with Gasteiger partial charge in [-0.1, -0.05) is 48.6 Å². The average molecular weight is 236 g/mol. The molecule has 90 valence electrons. The molecule has 1 nitrogen and oxygen atoms in total. The predicted octanol–water partition coefficient (Wildman–Crippen LogP) is 4.39. The van der Waals surface area contributed by atoms with Crippen LogP contribution in [-0.4, -0.2) is 0 Å². The van der Waals surface area contributed by atoms with Crippen LogP contribution in [0.15, 0.2) is 66.0 Å². The normalized spacial score (nSPS) is 18.0. The highest BCUT2D eigenvalue weighted by atomic mass is 16.5. The fourth-order valence-electron chi connectivity index (χ4n) is 2.21. The van der Waals surface area contributed by atoms with Gasteiger partial charge in [-0.25, -0.2) is 0 Å². The fourth-order valence-corrected chi connectivity index (χ4v) is 2.21. The predicted molar refractivity (Wildman–Crippen MR) is 74.8 cm³/mol. The minimum atomic E-state index is 0.672. The number of hydrogen-bond acceptors (Lipinski definition) is 1. The summed E-state index contributed by atoms with van der Waals surface area (Å²) in [4.78, 5) is 0. The van der Waals surface area contributed by atoms with Gasteiger partial charge in [0.2, 0.25) is 0 Å². The van der Waals surface area contributed by atoms with Crippen molar-refractivity contribution < 1.29 is 4.74 Å². The molecule has 0 bridgehead atoms. The Hall–Kier alpha value is -2.02. The van der Waals surface area contributed by atoms with Crippen LogP contribution in [0.25, 0.3) is 6.08 Å². The average Bonchev–Trinajstić information content (AvgIpc) is 2.46. The van der Waals surface area contributed by atoms with Crippen molar-refractivity contribution in [2.75, 3.05) is 0 Å². The molecule has 18 heavy (non-hydrogen) atoms. The molecule has 0 fully saturated rings. The zero-order chi connectivity index (χ0) is 12.2. The maximum absolute atomic E-state index is 5.72. The van der Waals surface area contributed by atoms with E-state index in [0.29, 0.717) is 6.61 Å². The molecular formula is C17H16O. The first-order valence-electron chi connectivity index (χ1n) is 6.38. The molecule has 1 aliphatic carbocycles. The van der Waals surface area contributed by atoms with E-state index in [4.69, 9.17) is 4.74 Å². The summed E-state index contributed by atoms with van der Waals surface area (Å²) in [6.07, 6.45) is 15.1. The van der Waals surface area contributed by atoms with Gasteiger partial charge in [-0.15, -0.1) is 0 Å². The van der Waals surface area contributed by atoms with E-state index in [-0.39, 0.29) is 0 Å². The molecule has 0 atom stereocenters. The number of hydrogen-bond donors (Lipinski definition) is 0. The van der Waals surface area contributed by atoms with E-state index in [0.717, 1.165) is 18.6 Å². The lowest BCUT2D eigenvalue weighted by Gasteiger charge is -2.15. The molecule has 3 rings (SSSR count). The van der Waals surface area contributed by atoms with Crippen LogP contribution in [-0.2, 0) is 11.3 Å². The summed E-state index contributed by atoms with van der Waals surface area (Å²) in [5.41, 5.74) is 3.89. The maximum Gasteiger partial charge on any atom is 0.120 e. The summed E-state index contributed by atoms with van der Waals surface area (Å²) in [5, 5.41) is 0. The molecule has 1 heteroatoms. The van der Waals surface area contributed by atoms with Crippen LogP contribution >= 0.6 is 0 Å². The summed E-state index contributed by atoms with van der Waals surface area (Å²) in [7, 11) is 0. The van der Waals surface area contributed by atoms with Crippen molar-refractivity contribution in [2.45, 2.75) is 19.4 Å². The second-order valence-electron chi connectivity index (χ2n) is 4.58. The van der Waals surface area contributed by atoms with Crippen LogP contribution in [0.5, 0.6) is 0 Å². The lowest BCUT2D eigenvalue weighted by atomic mass is 10.0. The molecule has 2 aliphatic rings. The quantitative estimate of drug-likeness (QED) is 0.740. The van der Waals surface area contributed by atoms with Gasteiger partial charge in [0, 0.05) is 0 Å². The van der Waals surface area contributed by atoms with Crippen molar-refractivity contribution in [3.05, 3.63) is 77.1 Å². The van der Waals surface area contributed by atoms with E-state index in [1.54, 1.807) is 0 Å². The van der Waals surface area contributed by atoms with Crippen molar-refractivity contribution in [2.24, 2.45) is 0 Å². The lowest BCUT2D eigenvalue weighted by Crippen LogP contribution is -2.00. The molecule has 0 radical (unpaired) electrons. The van der Waals surface area contributed by atoms with Gasteiger partial charge in [-0.2, -0.15) is 0 Å². The van der Waals surface area contributed by atoms with E-state index in [2.05, 4.69) is 60.7 Å². The standard InChI is InChI=1S/C17H16O/c1-2-6-14(7-3-1)10-11-17-12-15-8-4-5-9-16(15)13-18-17/h1-2,4-6,8-12H,3,7,13H2/b11-10+. The number of allylic oxidation sites excluding steroid dienone is 6. The summed E-state index contributed by atoms with van der Waals surface area (Å²) >= 11 is 0. The number of rotatable bonds is 2. The molecular weight excluding hydrogens is 220 g/mol. The van der Waals surface area contributed by atoms with Gasteiger partial charge in [0.15, 0.2) is 0 Å². The minimum absolute atomic E-state index is 0.672. The Morgan fingerprint density at radius 2 is 2.06 bits per heavy atom. The van der Waals surface area contributed by atoms with Crippen molar-refractivity contribution >= 4 is 6.08 Å². The van der Waals surface area contributed by atoms with E-state index < -0.39 is 0 Å². The third kappa shape index (κ3) is 2.45. The molecule has 0 amide bonds. The van der Waals surface area contributed by atoms with Gasteiger partial charge in [0.1, 0.15) is 12.4 Å². The molecule has 0 saturated heterocycles. The van der Waals surface area contributed by atoms with Crippen molar-refractivity contribution in [1.29, 1.82) is 0 Å². The van der Waals surface area contributed by atoms with Crippen LogP contribution < -0.4 is 0 Å². The molecule has 0 saturated carbocycles. The highest BCUT2D eigenvalue weighted by Gasteiger charge is 2.08. The van der Waals surface area contributed by atoms with Crippen molar-refractivity contribution in [3.63, 3.8) is 0 Å². The Morgan fingerprint density at radius 3 is 2.94 bits per heavy atom. The molecule has 0 N–H and O–H groups in total. The second kappa shape index (κ2) is 5.09. The highest BCUT2D eigenvalue weighted by molar-refractivity contribution is 5.59. The minimum Gasteiger partial charge on any atom is -0.489 e. The largest absolute Gasteiger partial charge is 0.489 e. The molecule has 0 spiro atoms. The van der Waals surface area contributed by atoms with Gasteiger partial charge in [-0.3, -0.25) is 0 Å². The lowest BCUT2D eigenvalue weighted by molar-refractivity contribution is 0.209. The first kappa shape index (κ1) is 11.1. The van der Waals surface area contributed by atoms with Gasteiger partial charge < -0.3 is 4.74 Å². The third-order valence-corrected chi connectivity index (χ3v) is 3.25. The number of benzene rings is 1. The van der Waals surface area contributed by atoms with Gasteiger partial charge >= 0.3 is 0 Å². The molecule has 0 aromatic heterocycles. The van der Waals surface area contributed by atoms with Crippen LogP contribution in [0.2, 0.25) is 0 Å². The monoisotopic (exact) mass is 236 g/mol. The second-order valence-corrected chi connectivity index (χ2v) is 4.58. The topological polar surface area (TPSA) is 9.23 Å². The first-order chi connectivity index (χ1) is 8.92. The number of ether oxygens (including phenoxy) is 1. The van der Waals surface area contributed by atoms with Crippen LogP contribution in [0.4, 0.5) is 0 Å². The Balaban J connectivity index is 1.79. The fraction of sp³-hybridized carbons (Fsp3) is 0.176. The van der Waals surface area contributed by atoms with Gasteiger partial charge in [0.05, 0.1) is 0 Å². The number of fused-ring (bicyclic) bond motifs is 1. The zero-order valence-corrected chi connectivity index (χ0v) is 10.3. The van der Waals surface area contributed by atoms with Crippen LogP contribution in [0.3, 0.4) is 0 Å². The van der Waals surface area contributed by atoms with E-state index in [1.165, 1.54) is 16.7 Å². The summed E-state index contributed by atoms with van der Waals surface area (Å²) < 4.78 is 5.72. The van der Waals surface area contributed by atoms with Crippen molar-refractivity contribution in [1.82, 2.24) is 0 Å². The summed E-state index contributed by atoms with van der Waals surface area (Å²) in [6.45, 7) is 0.672. The molecule has 1 aromatic carbocycles. The van der Waals surface area contributed by atoms with Gasteiger partial charge in [0.25, 0.3) is 0 Å². The Bertz CT molecular complexity index is 559. The smallest absolute Gasteiger partial charge is 0.120 e.